The number of carbonyl (C=O) groups excluding carboxylic acids is 2. The van der Waals surface area contributed by atoms with Gasteiger partial charge >= 0.3 is 0 Å². The van der Waals surface area contributed by atoms with E-state index in [1.807, 2.05) is 13.0 Å². The van der Waals surface area contributed by atoms with Gasteiger partial charge in [-0.25, -0.2) is 0 Å². The number of hydrazine groups is 1. The minimum absolute atomic E-state index is 0.130. The van der Waals surface area contributed by atoms with Gasteiger partial charge in [0.15, 0.2) is 6.61 Å². The van der Waals surface area contributed by atoms with Gasteiger partial charge in [-0.3, -0.25) is 30.6 Å². The molecule has 2 rings (SSSR count). The lowest BCUT2D eigenvalue weighted by Crippen LogP contribution is -2.43. The average molecular weight is 487 g/mol. The van der Waals surface area contributed by atoms with Gasteiger partial charge in [0.1, 0.15) is 5.75 Å². The van der Waals surface area contributed by atoms with Crippen molar-refractivity contribution in [1.82, 2.24) is 10.9 Å². The van der Waals surface area contributed by atoms with Crippen molar-refractivity contribution in [2.45, 2.75) is 6.92 Å². The highest BCUT2D eigenvalue weighted by atomic mass is 79.9. The van der Waals surface area contributed by atoms with Crippen molar-refractivity contribution in [2.75, 3.05) is 6.61 Å². The summed E-state index contributed by atoms with van der Waals surface area (Å²) in [6.07, 6.45) is 0. The molecule has 0 aliphatic rings. The molecule has 0 heterocycles. The van der Waals surface area contributed by atoms with E-state index >= 15 is 0 Å². The Kier molecular flexibility index (Phi) is 6.70. The van der Waals surface area contributed by atoms with Gasteiger partial charge in [0, 0.05) is 22.2 Å². The molecule has 136 valence electrons. The average Bonchev–Trinajstić information content (AvgIpc) is 2.58. The number of aryl methyl sites for hydroxylation is 1. The first-order chi connectivity index (χ1) is 12.3. The van der Waals surface area contributed by atoms with Crippen molar-refractivity contribution >= 4 is 49.4 Å². The molecule has 0 atom stereocenters. The number of rotatable bonds is 5. The lowest BCUT2D eigenvalue weighted by Gasteiger charge is -2.12. The summed E-state index contributed by atoms with van der Waals surface area (Å²) in [5.74, 6) is -0.645. The number of nitrogens with one attached hydrogen (secondary N) is 2. The lowest BCUT2D eigenvalue weighted by molar-refractivity contribution is -0.384. The van der Waals surface area contributed by atoms with Gasteiger partial charge in [0.25, 0.3) is 17.5 Å². The van der Waals surface area contributed by atoms with Crippen LogP contribution < -0.4 is 15.6 Å². The van der Waals surface area contributed by atoms with Crippen LogP contribution in [-0.4, -0.2) is 23.3 Å². The zero-order chi connectivity index (χ0) is 19.3. The molecule has 10 heteroatoms. The monoisotopic (exact) mass is 485 g/mol. The molecule has 0 aliphatic carbocycles. The summed E-state index contributed by atoms with van der Waals surface area (Å²) in [6.45, 7) is 1.53. The van der Waals surface area contributed by atoms with E-state index in [2.05, 4.69) is 42.7 Å². The molecule has 0 saturated carbocycles. The SMILES string of the molecule is Cc1cc(Br)cc(Br)c1OCC(=O)NNC(=O)c1ccc([N+](=O)[O-])cc1. The third-order valence-electron chi connectivity index (χ3n) is 3.20. The number of carbonyl (C=O) groups is 2. The fourth-order valence-corrected chi connectivity index (χ4v) is 3.53. The first-order valence-electron chi connectivity index (χ1n) is 7.20. The fourth-order valence-electron chi connectivity index (χ4n) is 1.98. The van der Waals surface area contributed by atoms with Gasteiger partial charge in [-0.15, -0.1) is 0 Å². The predicted octanol–water partition coefficient (Wildman–Crippen LogP) is 3.27. The molecule has 26 heavy (non-hydrogen) atoms. The van der Waals surface area contributed by atoms with Gasteiger partial charge in [0.05, 0.1) is 9.40 Å². The predicted molar refractivity (Wildman–Crippen MR) is 101 cm³/mol. The topological polar surface area (TPSA) is 111 Å². The Bertz CT molecular complexity index is 832. The molecular weight excluding hydrogens is 474 g/mol. The Morgan fingerprint density at radius 3 is 2.38 bits per heavy atom. The lowest BCUT2D eigenvalue weighted by atomic mass is 10.2. The Morgan fingerprint density at radius 1 is 1.15 bits per heavy atom. The quantitative estimate of drug-likeness (QED) is 0.497. The van der Waals surface area contributed by atoms with Crippen LogP contribution in [0.25, 0.3) is 0 Å². The van der Waals surface area contributed by atoms with Crippen molar-refractivity contribution in [3.63, 3.8) is 0 Å². The maximum Gasteiger partial charge on any atom is 0.276 e. The molecule has 0 spiro atoms. The second-order valence-electron chi connectivity index (χ2n) is 5.13. The Hall–Kier alpha value is -2.46. The molecule has 2 aromatic rings. The standard InChI is InChI=1S/C16H13Br2N3O5/c1-9-6-11(17)7-13(18)15(9)26-8-14(22)19-20-16(23)10-2-4-12(5-3-10)21(24)25/h2-7H,8H2,1H3,(H,19,22)(H,20,23). The van der Waals surface area contributed by atoms with E-state index in [1.54, 1.807) is 6.07 Å². The van der Waals surface area contributed by atoms with E-state index in [-0.39, 0.29) is 17.9 Å². The first kappa shape index (κ1) is 19.9. The zero-order valence-electron chi connectivity index (χ0n) is 13.4. The second-order valence-corrected chi connectivity index (χ2v) is 6.90. The van der Waals surface area contributed by atoms with E-state index in [0.29, 0.717) is 10.2 Å². The highest BCUT2D eigenvalue weighted by Gasteiger charge is 2.12. The largest absolute Gasteiger partial charge is 0.482 e. The van der Waals surface area contributed by atoms with Crippen LogP contribution >= 0.6 is 31.9 Å². The van der Waals surface area contributed by atoms with Crippen molar-refractivity contribution in [1.29, 1.82) is 0 Å². The molecule has 0 fully saturated rings. The van der Waals surface area contributed by atoms with Crippen LogP contribution in [0.15, 0.2) is 45.3 Å². The van der Waals surface area contributed by atoms with Crippen LogP contribution in [0.4, 0.5) is 5.69 Å². The van der Waals surface area contributed by atoms with Crippen LogP contribution in [0.2, 0.25) is 0 Å². The number of nitrogens with zero attached hydrogens (tertiary/aromatic N) is 1. The van der Waals surface area contributed by atoms with Crippen LogP contribution in [0.5, 0.6) is 5.75 Å². The summed E-state index contributed by atoms with van der Waals surface area (Å²) in [7, 11) is 0. The Morgan fingerprint density at radius 2 is 1.81 bits per heavy atom. The number of hydrogen-bond acceptors (Lipinski definition) is 5. The molecule has 0 aliphatic heterocycles. The number of amides is 2. The van der Waals surface area contributed by atoms with E-state index < -0.39 is 16.7 Å². The van der Waals surface area contributed by atoms with Crippen LogP contribution in [-0.2, 0) is 4.79 Å². The highest BCUT2D eigenvalue weighted by Crippen LogP contribution is 2.32. The zero-order valence-corrected chi connectivity index (χ0v) is 16.6. The minimum Gasteiger partial charge on any atom is -0.482 e. The van der Waals surface area contributed by atoms with Crippen molar-refractivity contribution in [3.05, 3.63) is 66.6 Å². The molecule has 0 bridgehead atoms. The molecule has 2 N–H and O–H groups in total. The van der Waals surface area contributed by atoms with Crippen molar-refractivity contribution < 1.29 is 19.2 Å². The van der Waals surface area contributed by atoms with Gasteiger partial charge in [-0.1, -0.05) is 15.9 Å². The maximum absolute atomic E-state index is 11.9. The molecule has 2 amide bonds. The number of halogens is 2. The smallest absolute Gasteiger partial charge is 0.276 e. The van der Waals surface area contributed by atoms with Gasteiger partial charge in [-0.2, -0.15) is 0 Å². The van der Waals surface area contributed by atoms with E-state index in [1.165, 1.54) is 24.3 Å². The number of non-ortho nitro benzene ring substituents is 1. The number of hydrogen-bond donors (Lipinski definition) is 2. The fraction of sp³-hybridized carbons (Fsp3) is 0.125. The number of ether oxygens (including phenoxy) is 1. The van der Waals surface area contributed by atoms with E-state index in [0.717, 1.165) is 10.0 Å². The maximum atomic E-state index is 11.9. The molecule has 0 radical (unpaired) electrons. The van der Waals surface area contributed by atoms with Crippen molar-refractivity contribution in [2.24, 2.45) is 0 Å². The summed E-state index contributed by atoms with van der Waals surface area (Å²) in [6, 6.07) is 8.61. The molecule has 2 aromatic carbocycles. The third kappa shape index (κ3) is 5.27. The summed E-state index contributed by atoms with van der Waals surface area (Å²) in [4.78, 5) is 33.7. The number of nitro benzene ring substituents is 1. The van der Waals surface area contributed by atoms with Crippen LogP contribution in [0.1, 0.15) is 15.9 Å². The van der Waals surface area contributed by atoms with E-state index in [4.69, 9.17) is 4.74 Å². The first-order valence-corrected chi connectivity index (χ1v) is 8.78. The molecule has 0 aromatic heterocycles. The summed E-state index contributed by atoms with van der Waals surface area (Å²) >= 11 is 6.71. The van der Waals surface area contributed by atoms with Gasteiger partial charge in [-0.05, 0) is 52.7 Å². The van der Waals surface area contributed by atoms with Crippen LogP contribution in [0.3, 0.4) is 0 Å². The Labute approximate surface area is 165 Å². The van der Waals surface area contributed by atoms with E-state index in [9.17, 15) is 19.7 Å². The Balaban J connectivity index is 1.87. The molecular formula is C16H13Br2N3O5. The number of nitro groups is 1. The summed E-state index contributed by atoms with van der Waals surface area (Å²) in [5, 5.41) is 10.6. The van der Waals surface area contributed by atoms with Gasteiger partial charge in [0.2, 0.25) is 0 Å². The van der Waals surface area contributed by atoms with Crippen LogP contribution in [0, 0.1) is 17.0 Å². The molecule has 0 saturated heterocycles. The number of benzene rings is 2. The molecule has 0 unspecified atom stereocenters. The molecule has 8 nitrogen and oxygen atoms in total. The van der Waals surface area contributed by atoms with Crippen molar-refractivity contribution in [3.8, 4) is 5.75 Å². The highest BCUT2D eigenvalue weighted by molar-refractivity contribution is 9.11. The van der Waals surface area contributed by atoms with Gasteiger partial charge < -0.3 is 4.74 Å². The second kappa shape index (κ2) is 8.77. The normalized spacial score (nSPS) is 10.1. The summed E-state index contributed by atoms with van der Waals surface area (Å²) < 4.78 is 7.02. The summed E-state index contributed by atoms with van der Waals surface area (Å²) in [5.41, 5.74) is 5.30. The minimum atomic E-state index is -0.603. The third-order valence-corrected chi connectivity index (χ3v) is 4.24.